The molecule has 2 rings (SSSR count). The lowest BCUT2D eigenvalue weighted by Crippen LogP contribution is -2.27. The Kier molecular flexibility index (Phi) is 4.35. The van der Waals surface area contributed by atoms with Gasteiger partial charge in [-0.15, -0.1) is 0 Å². The lowest BCUT2D eigenvalue weighted by atomic mass is 10.1. The molecule has 2 heteroatoms. The van der Waals surface area contributed by atoms with Gasteiger partial charge >= 0.3 is 0 Å². The smallest absolute Gasteiger partial charge is 0.147 e. The fourth-order valence-corrected chi connectivity index (χ4v) is 2.12. The molecule has 1 aromatic rings. The number of carbonyl (C=O) groups is 1. The average molecular weight is 241 g/mol. The molecule has 0 N–H and O–H groups in total. The minimum atomic E-state index is 0.320. The van der Waals surface area contributed by atoms with Crippen LogP contribution in [0.2, 0.25) is 0 Å². The quantitative estimate of drug-likeness (QED) is 0.597. The molecule has 0 bridgehead atoms. The number of hydrogen-bond acceptors (Lipinski definition) is 2. The van der Waals surface area contributed by atoms with Gasteiger partial charge in [0, 0.05) is 24.4 Å². The Bertz CT molecular complexity index is 447. The van der Waals surface area contributed by atoms with Crippen molar-refractivity contribution in [1.82, 2.24) is 4.90 Å². The highest BCUT2D eigenvalue weighted by molar-refractivity contribution is 5.73. The van der Waals surface area contributed by atoms with Gasteiger partial charge in [0.25, 0.3) is 0 Å². The van der Waals surface area contributed by atoms with Gasteiger partial charge in [-0.05, 0) is 25.3 Å². The van der Waals surface area contributed by atoms with Crippen molar-refractivity contribution in [2.75, 3.05) is 0 Å². The van der Waals surface area contributed by atoms with E-state index >= 15 is 0 Å². The molecule has 0 saturated heterocycles. The van der Waals surface area contributed by atoms with E-state index < -0.39 is 0 Å². The lowest BCUT2D eigenvalue weighted by molar-refractivity contribution is -0.105. The summed E-state index contributed by atoms with van der Waals surface area (Å²) in [7, 11) is 0. The molecule has 0 amide bonds. The molecule has 1 aliphatic heterocycles. The molecule has 18 heavy (non-hydrogen) atoms. The van der Waals surface area contributed by atoms with Gasteiger partial charge in [0.1, 0.15) is 6.29 Å². The molecule has 0 fully saturated rings. The summed E-state index contributed by atoms with van der Waals surface area (Å²) in [6.07, 6.45) is 9.14. The molecule has 0 aromatic heterocycles. The van der Waals surface area contributed by atoms with Gasteiger partial charge in [-0.25, -0.2) is 0 Å². The molecule has 1 atom stereocenters. The number of rotatable bonds is 3. The van der Waals surface area contributed by atoms with Gasteiger partial charge in [-0.2, -0.15) is 0 Å². The first kappa shape index (κ1) is 12.6. The van der Waals surface area contributed by atoms with Crippen molar-refractivity contribution in [3.8, 4) is 0 Å². The Morgan fingerprint density at radius 1 is 1.33 bits per heavy atom. The van der Waals surface area contributed by atoms with Gasteiger partial charge in [0.15, 0.2) is 0 Å². The van der Waals surface area contributed by atoms with Crippen molar-refractivity contribution < 1.29 is 4.79 Å². The van der Waals surface area contributed by atoms with Crippen molar-refractivity contribution in [2.24, 2.45) is 0 Å². The zero-order chi connectivity index (χ0) is 12.8. The molecule has 0 saturated carbocycles. The standard InChI is InChI=1S/C16H19NO/c1-14-7-5-6-10-16(13-18)12-17(14)11-15-8-3-2-4-9-15/h2-5,7-9,12-14H,6,10-11H2,1H3/b7-5-,16-12+. The molecule has 2 nitrogen and oxygen atoms in total. The number of benzene rings is 1. The second kappa shape index (κ2) is 6.20. The number of carbonyl (C=O) groups excluding carboxylic acids is 1. The van der Waals surface area contributed by atoms with Crippen LogP contribution in [0, 0.1) is 0 Å². The van der Waals surface area contributed by atoms with E-state index in [1.54, 1.807) is 0 Å². The Hall–Kier alpha value is -1.83. The summed E-state index contributed by atoms with van der Waals surface area (Å²) in [6, 6.07) is 10.7. The number of hydrogen-bond donors (Lipinski definition) is 0. The van der Waals surface area contributed by atoms with Gasteiger partial charge in [0.2, 0.25) is 0 Å². The van der Waals surface area contributed by atoms with Gasteiger partial charge in [-0.1, -0.05) is 42.5 Å². The van der Waals surface area contributed by atoms with E-state index in [0.717, 1.165) is 31.2 Å². The number of allylic oxidation sites excluding steroid dienone is 2. The van der Waals surface area contributed by atoms with Crippen LogP contribution >= 0.6 is 0 Å². The van der Waals surface area contributed by atoms with Crippen LogP contribution in [-0.4, -0.2) is 17.2 Å². The molecule has 0 spiro atoms. The molecular formula is C16H19NO. The highest BCUT2D eigenvalue weighted by Gasteiger charge is 2.11. The highest BCUT2D eigenvalue weighted by Crippen LogP contribution is 2.16. The van der Waals surface area contributed by atoms with Crippen LogP contribution in [0.1, 0.15) is 25.3 Å². The normalized spacial score (nSPS) is 24.6. The fourth-order valence-electron chi connectivity index (χ4n) is 2.12. The van der Waals surface area contributed by atoms with Crippen LogP contribution in [-0.2, 0) is 11.3 Å². The predicted octanol–water partition coefficient (Wildman–Crippen LogP) is 3.31. The summed E-state index contributed by atoms with van der Waals surface area (Å²) in [5.74, 6) is 0. The topological polar surface area (TPSA) is 20.3 Å². The van der Waals surface area contributed by atoms with Crippen LogP contribution in [0.3, 0.4) is 0 Å². The minimum Gasteiger partial charge on any atom is -0.367 e. The van der Waals surface area contributed by atoms with Crippen molar-refractivity contribution in [2.45, 2.75) is 32.4 Å². The number of nitrogens with zero attached hydrogens (tertiary/aromatic N) is 1. The molecule has 0 radical (unpaired) electrons. The van der Waals surface area contributed by atoms with E-state index in [2.05, 4.69) is 36.1 Å². The van der Waals surface area contributed by atoms with E-state index in [9.17, 15) is 4.79 Å². The van der Waals surface area contributed by atoms with E-state index in [4.69, 9.17) is 0 Å². The second-order valence-electron chi connectivity index (χ2n) is 4.69. The summed E-state index contributed by atoms with van der Waals surface area (Å²) in [5.41, 5.74) is 2.14. The second-order valence-corrected chi connectivity index (χ2v) is 4.69. The minimum absolute atomic E-state index is 0.320. The Balaban J connectivity index is 2.18. The highest BCUT2D eigenvalue weighted by atomic mass is 16.1. The third-order valence-corrected chi connectivity index (χ3v) is 3.23. The molecule has 94 valence electrons. The zero-order valence-corrected chi connectivity index (χ0v) is 10.8. The Labute approximate surface area is 109 Å². The molecule has 1 aromatic carbocycles. The molecule has 1 unspecified atom stereocenters. The summed E-state index contributed by atoms with van der Waals surface area (Å²) in [6.45, 7) is 2.99. The third-order valence-electron chi connectivity index (χ3n) is 3.23. The van der Waals surface area contributed by atoms with Gasteiger partial charge in [0.05, 0.1) is 0 Å². The van der Waals surface area contributed by atoms with Crippen molar-refractivity contribution in [3.05, 3.63) is 59.8 Å². The van der Waals surface area contributed by atoms with Crippen molar-refractivity contribution in [1.29, 1.82) is 0 Å². The van der Waals surface area contributed by atoms with Crippen LogP contribution in [0.15, 0.2) is 54.3 Å². The van der Waals surface area contributed by atoms with E-state index in [1.807, 2.05) is 24.4 Å². The molecular weight excluding hydrogens is 222 g/mol. The molecule has 1 heterocycles. The largest absolute Gasteiger partial charge is 0.367 e. The van der Waals surface area contributed by atoms with Gasteiger partial charge < -0.3 is 4.90 Å². The van der Waals surface area contributed by atoms with Crippen molar-refractivity contribution in [3.63, 3.8) is 0 Å². The maximum absolute atomic E-state index is 11.0. The maximum atomic E-state index is 11.0. The van der Waals surface area contributed by atoms with Crippen LogP contribution in [0.5, 0.6) is 0 Å². The molecule has 1 aliphatic rings. The average Bonchev–Trinajstić information content (AvgIpc) is 2.40. The molecule has 0 aliphatic carbocycles. The fraction of sp³-hybridized carbons (Fsp3) is 0.312. The SMILES string of the molecule is CC1/C=C\CC/C(C=O)=C\N1Cc1ccccc1. The van der Waals surface area contributed by atoms with E-state index in [-0.39, 0.29) is 0 Å². The van der Waals surface area contributed by atoms with Crippen LogP contribution < -0.4 is 0 Å². The number of aldehydes is 1. The Morgan fingerprint density at radius 2 is 2.11 bits per heavy atom. The van der Waals surface area contributed by atoms with E-state index in [0.29, 0.717) is 6.04 Å². The Morgan fingerprint density at radius 3 is 2.83 bits per heavy atom. The maximum Gasteiger partial charge on any atom is 0.147 e. The first-order chi connectivity index (χ1) is 8.79. The summed E-state index contributed by atoms with van der Waals surface area (Å²) >= 11 is 0. The lowest BCUT2D eigenvalue weighted by Gasteiger charge is -2.27. The predicted molar refractivity (Wildman–Crippen MR) is 74.0 cm³/mol. The van der Waals surface area contributed by atoms with Gasteiger partial charge in [-0.3, -0.25) is 4.79 Å². The third kappa shape index (κ3) is 3.33. The summed E-state index contributed by atoms with van der Waals surface area (Å²) in [5, 5.41) is 0. The van der Waals surface area contributed by atoms with Crippen molar-refractivity contribution >= 4 is 6.29 Å². The zero-order valence-electron chi connectivity index (χ0n) is 10.8. The first-order valence-electron chi connectivity index (χ1n) is 6.42. The van der Waals surface area contributed by atoms with E-state index in [1.165, 1.54) is 5.56 Å². The monoisotopic (exact) mass is 241 g/mol. The first-order valence-corrected chi connectivity index (χ1v) is 6.42. The van der Waals surface area contributed by atoms with Crippen LogP contribution in [0.4, 0.5) is 0 Å². The summed E-state index contributed by atoms with van der Waals surface area (Å²) < 4.78 is 0. The summed E-state index contributed by atoms with van der Waals surface area (Å²) in [4.78, 5) is 13.2. The van der Waals surface area contributed by atoms with Crippen LogP contribution in [0.25, 0.3) is 0 Å².